The summed E-state index contributed by atoms with van der Waals surface area (Å²) in [7, 11) is 0. The summed E-state index contributed by atoms with van der Waals surface area (Å²) in [6, 6.07) is 4.80. The zero-order valence-corrected chi connectivity index (χ0v) is 11.3. The molecule has 2 aromatic heterocycles. The van der Waals surface area contributed by atoms with Crippen LogP contribution in [0.4, 0.5) is 5.69 Å². The number of fused-ring (bicyclic) bond motifs is 1. The second kappa shape index (κ2) is 4.20. The SMILES string of the molecule is O=C1CC(Nc2ccnc3ccsc23)CN1C1CC1. The zero-order chi connectivity index (χ0) is 12.8. The normalized spacial score (nSPS) is 23.3. The van der Waals surface area contributed by atoms with Crippen molar-refractivity contribution in [1.29, 1.82) is 0 Å². The number of rotatable bonds is 3. The molecule has 0 spiro atoms. The van der Waals surface area contributed by atoms with E-state index in [1.807, 2.05) is 23.2 Å². The van der Waals surface area contributed by atoms with Crippen LogP contribution in [0.2, 0.25) is 0 Å². The molecular weight excluding hydrogens is 258 g/mol. The number of nitrogens with one attached hydrogen (secondary N) is 1. The van der Waals surface area contributed by atoms with Crippen molar-refractivity contribution in [3.05, 3.63) is 23.7 Å². The molecule has 2 aromatic rings. The lowest BCUT2D eigenvalue weighted by Crippen LogP contribution is -2.29. The molecule has 0 bridgehead atoms. The van der Waals surface area contributed by atoms with Gasteiger partial charge in [0, 0.05) is 25.2 Å². The standard InChI is InChI=1S/C14H15N3OS/c18-13-7-9(8-17(13)10-1-2-10)16-12-3-5-15-11-4-6-19-14(11)12/h3-6,9-10H,1-2,7-8H2,(H,15,16). The molecule has 1 unspecified atom stereocenters. The molecule has 98 valence electrons. The smallest absolute Gasteiger partial charge is 0.225 e. The predicted molar refractivity (Wildman–Crippen MR) is 76.4 cm³/mol. The summed E-state index contributed by atoms with van der Waals surface area (Å²) in [5.74, 6) is 0.302. The molecule has 5 heteroatoms. The van der Waals surface area contributed by atoms with E-state index in [1.54, 1.807) is 11.3 Å². The zero-order valence-electron chi connectivity index (χ0n) is 10.5. The number of hydrogen-bond donors (Lipinski definition) is 1. The molecule has 2 aliphatic rings. The number of hydrogen-bond acceptors (Lipinski definition) is 4. The topological polar surface area (TPSA) is 45.2 Å². The highest BCUT2D eigenvalue weighted by Gasteiger charge is 2.39. The molecule has 1 aliphatic heterocycles. The van der Waals surface area contributed by atoms with Crippen molar-refractivity contribution in [1.82, 2.24) is 9.88 Å². The number of carbonyl (C=O) groups is 1. The minimum atomic E-state index is 0.237. The summed E-state index contributed by atoms with van der Waals surface area (Å²) in [5, 5.41) is 5.58. The number of pyridine rings is 1. The Hall–Kier alpha value is -1.62. The van der Waals surface area contributed by atoms with Gasteiger partial charge in [-0.25, -0.2) is 0 Å². The predicted octanol–water partition coefficient (Wildman–Crippen LogP) is 2.47. The Balaban J connectivity index is 1.55. The summed E-state index contributed by atoms with van der Waals surface area (Å²) in [4.78, 5) is 18.3. The number of carbonyl (C=O) groups excluding carboxylic acids is 1. The van der Waals surface area contributed by atoms with Crippen molar-refractivity contribution >= 4 is 33.1 Å². The minimum absolute atomic E-state index is 0.237. The first kappa shape index (κ1) is 11.2. The van der Waals surface area contributed by atoms with Crippen LogP contribution in [0.15, 0.2) is 23.7 Å². The average Bonchev–Trinajstić information content (AvgIpc) is 3.00. The van der Waals surface area contributed by atoms with Crippen LogP contribution >= 0.6 is 11.3 Å². The van der Waals surface area contributed by atoms with Gasteiger partial charge in [0.05, 0.1) is 21.9 Å². The maximum absolute atomic E-state index is 11.9. The summed E-state index contributed by atoms with van der Waals surface area (Å²) >= 11 is 1.69. The molecule has 3 heterocycles. The van der Waals surface area contributed by atoms with Crippen molar-refractivity contribution in [2.75, 3.05) is 11.9 Å². The number of amides is 1. The van der Waals surface area contributed by atoms with Crippen molar-refractivity contribution in [3.63, 3.8) is 0 Å². The van der Waals surface area contributed by atoms with Crippen LogP contribution < -0.4 is 5.32 Å². The number of aromatic nitrogens is 1. The highest BCUT2D eigenvalue weighted by Crippen LogP contribution is 2.33. The Kier molecular flexibility index (Phi) is 2.48. The Morgan fingerprint density at radius 3 is 3.11 bits per heavy atom. The summed E-state index contributed by atoms with van der Waals surface area (Å²) in [5.41, 5.74) is 2.13. The average molecular weight is 273 g/mol. The van der Waals surface area contributed by atoms with Gasteiger partial charge in [-0.05, 0) is 30.4 Å². The van der Waals surface area contributed by atoms with Gasteiger partial charge in [-0.2, -0.15) is 0 Å². The van der Waals surface area contributed by atoms with Crippen molar-refractivity contribution in [2.45, 2.75) is 31.3 Å². The van der Waals surface area contributed by atoms with E-state index in [4.69, 9.17) is 0 Å². The molecule has 1 atom stereocenters. The molecule has 1 saturated heterocycles. The van der Waals surface area contributed by atoms with E-state index in [1.165, 1.54) is 17.5 Å². The van der Waals surface area contributed by atoms with Crippen LogP contribution in [0.3, 0.4) is 0 Å². The summed E-state index contributed by atoms with van der Waals surface area (Å²) in [6.07, 6.45) is 4.81. The van der Waals surface area contributed by atoms with Gasteiger partial charge >= 0.3 is 0 Å². The van der Waals surface area contributed by atoms with Gasteiger partial charge in [-0.3, -0.25) is 9.78 Å². The molecular formula is C14H15N3OS. The van der Waals surface area contributed by atoms with E-state index in [9.17, 15) is 4.79 Å². The van der Waals surface area contributed by atoms with Crippen molar-refractivity contribution < 1.29 is 4.79 Å². The number of nitrogens with zero attached hydrogens (tertiary/aromatic N) is 2. The van der Waals surface area contributed by atoms with Gasteiger partial charge in [-0.15, -0.1) is 11.3 Å². The first-order chi connectivity index (χ1) is 9.31. The number of anilines is 1. The first-order valence-corrected chi connectivity index (χ1v) is 7.57. The van der Waals surface area contributed by atoms with Gasteiger partial charge in [0.2, 0.25) is 5.91 Å². The maximum Gasteiger partial charge on any atom is 0.225 e. The third kappa shape index (κ3) is 1.98. The Morgan fingerprint density at radius 1 is 1.37 bits per heavy atom. The van der Waals surface area contributed by atoms with Crippen molar-refractivity contribution in [2.24, 2.45) is 0 Å². The Bertz CT molecular complexity index is 634. The fourth-order valence-corrected chi connectivity index (χ4v) is 3.60. The van der Waals surface area contributed by atoms with Gasteiger partial charge < -0.3 is 10.2 Å². The highest BCUT2D eigenvalue weighted by atomic mass is 32.1. The van der Waals surface area contributed by atoms with Crippen LogP contribution in [-0.4, -0.2) is 34.4 Å². The fraction of sp³-hybridized carbons (Fsp3) is 0.429. The second-order valence-electron chi connectivity index (χ2n) is 5.32. The largest absolute Gasteiger partial charge is 0.379 e. The molecule has 4 nitrogen and oxygen atoms in total. The molecule has 1 N–H and O–H groups in total. The highest BCUT2D eigenvalue weighted by molar-refractivity contribution is 7.17. The van der Waals surface area contributed by atoms with Gasteiger partial charge in [0.1, 0.15) is 0 Å². The first-order valence-electron chi connectivity index (χ1n) is 6.69. The minimum Gasteiger partial charge on any atom is -0.379 e. The molecule has 2 fully saturated rings. The molecule has 19 heavy (non-hydrogen) atoms. The molecule has 1 amide bonds. The molecule has 0 aromatic carbocycles. The third-order valence-corrected chi connectivity index (χ3v) is 4.79. The summed E-state index contributed by atoms with van der Waals surface area (Å²) < 4.78 is 1.18. The lowest BCUT2D eigenvalue weighted by atomic mass is 10.2. The molecule has 4 rings (SSSR count). The van der Waals surface area contributed by atoms with Crippen molar-refractivity contribution in [3.8, 4) is 0 Å². The third-order valence-electron chi connectivity index (χ3n) is 3.85. The Morgan fingerprint density at radius 2 is 2.26 bits per heavy atom. The van der Waals surface area contributed by atoms with E-state index >= 15 is 0 Å². The van der Waals surface area contributed by atoms with Crippen LogP contribution in [0.1, 0.15) is 19.3 Å². The fourth-order valence-electron chi connectivity index (χ4n) is 2.77. The lowest BCUT2D eigenvalue weighted by Gasteiger charge is -2.17. The van der Waals surface area contributed by atoms with Gasteiger partial charge in [0.25, 0.3) is 0 Å². The lowest BCUT2D eigenvalue weighted by molar-refractivity contribution is -0.128. The second-order valence-corrected chi connectivity index (χ2v) is 6.23. The number of likely N-dealkylation sites (tertiary alicyclic amines) is 1. The molecule has 1 saturated carbocycles. The van der Waals surface area contributed by atoms with E-state index in [-0.39, 0.29) is 6.04 Å². The monoisotopic (exact) mass is 273 g/mol. The quantitative estimate of drug-likeness (QED) is 0.934. The van der Waals surface area contributed by atoms with E-state index in [2.05, 4.69) is 15.7 Å². The summed E-state index contributed by atoms with van der Waals surface area (Å²) in [6.45, 7) is 0.846. The van der Waals surface area contributed by atoms with Crippen LogP contribution in [0.25, 0.3) is 10.2 Å². The van der Waals surface area contributed by atoms with E-state index in [0.29, 0.717) is 18.4 Å². The van der Waals surface area contributed by atoms with Crippen LogP contribution in [-0.2, 0) is 4.79 Å². The van der Waals surface area contributed by atoms with Gasteiger partial charge in [0.15, 0.2) is 0 Å². The van der Waals surface area contributed by atoms with E-state index in [0.717, 1.165) is 17.7 Å². The van der Waals surface area contributed by atoms with Crippen LogP contribution in [0.5, 0.6) is 0 Å². The molecule has 1 aliphatic carbocycles. The maximum atomic E-state index is 11.9. The number of thiophene rings is 1. The van der Waals surface area contributed by atoms with E-state index < -0.39 is 0 Å². The Labute approximate surface area is 115 Å². The van der Waals surface area contributed by atoms with Crippen LogP contribution in [0, 0.1) is 0 Å². The molecule has 0 radical (unpaired) electrons. The van der Waals surface area contributed by atoms with Gasteiger partial charge in [-0.1, -0.05) is 0 Å².